The molecule has 2 fully saturated rings. The van der Waals surface area contributed by atoms with Gasteiger partial charge in [-0.1, -0.05) is 12.8 Å². The van der Waals surface area contributed by atoms with E-state index in [0.717, 1.165) is 0 Å². The molecule has 2 aliphatic carbocycles. The van der Waals surface area contributed by atoms with E-state index < -0.39 is 35.4 Å². The molecule has 7 heteroatoms. The molecule has 0 heterocycles. The molecule has 2 saturated carbocycles. The van der Waals surface area contributed by atoms with Crippen molar-refractivity contribution in [2.75, 3.05) is 0 Å². The van der Waals surface area contributed by atoms with Gasteiger partial charge in [-0.25, -0.2) is 4.79 Å². The van der Waals surface area contributed by atoms with Crippen molar-refractivity contribution in [1.29, 1.82) is 0 Å². The number of alkyl halides is 3. The molecule has 2 N–H and O–H groups in total. The summed E-state index contributed by atoms with van der Waals surface area (Å²) in [7, 11) is 0. The Morgan fingerprint density at radius 2 is 1.67 bits per heavy atom. The lowest BCUT2D eigenvalue weighted by molar-refractivity contribution is -0.198. The van der Waals surface area contributed by atoms with Crippen LogP contribution in [0, 0.1) is 17.8 Å². The van der Waals surface area contributed by atoms with Crippen LogP contribution >= 0.6 is 0 Å². The lowest BCUT2D eigenvalue weighted by Gasteiger charge is -2.35. The molecule has 3 unspecified atom stereocenters. The van der Waals surface area contributed by atoms with Crippen LogP contribution in [0.15, 0.2) is 0 Å². The minimum absolute atomic E-state index is 0.0607. The van der Waals surface area contributed by atoms with E-state index >= 15 is 0 Å². The zero-order valence-corrected chi connectivity index (χ0v) is 11.9. The predicted molar refractivity (Wildman–Crippen MR) is 68.4 cm³/mol. The standard InChI is InChI=1S/C14H20F3NO3/c1-13(12(20)21,8-6-7-8)18-11(19)9-4-2-3-5-10(9)14(15,16)17/h8-10H,2-7H2,1H3,(H,18,19)(H,20,21). The summed E-state index contributed by atoms with van der Waals surface area (Å²) < 4.78 is 39.1. The third kappa shape index (κ3) is 3.32. The number of carboxylic acids is 1. The minimum Gasteiger partial charge on any atom is -0.480 e. The molecule has 0 aromatic carbocycles. The van der Waals surface area contributed by atoms with Crippen molar-refractivity contribution >= 4 is 11.9 Å². The Morgan fingerprint density at radius 3 is 2.14 bits per heavy atom. The first kappa shape index (κ1) is 16.1. The van der Waals surface area contributed by atoms with Crippen molar-refractivity contribution in [3.63, 3.8) is 0 Å². The Hall–Kier alpha value is -1.27. The van der Waals surface area contributed by atoms with Gasteiger partial charge >= 0.3 is 12.1 Å². The van der Waals surface area contributed by atoms with E-state index in [1.54, 1.807) is 0 Å². The smallest absolute Gasteiger partial charge is 0.392 e. The molecule has 0 radical (unpaired) electrons. The first-order chi connectivity index (χ1) is 9.66. The van der Waals surface area contributed by atoms with Gasteiger partial charge in [-0.15, -0.1) is 0 Å². The summed E-state index contributed by atoms with van der Waals surface area (Å²) in [5.74, 6) is -4.97. The molecule has 0 bridgehead atoms. The molecule has 0 saturated heterocycles. The van der Waals surface area contributed by atoms with Gasteiger partial charge in [0.15, 0.2) is 0 Å². The number of rotatable bonds is 4. The number of amides is 1. The molecule has 120 valence electrons. The van der Waals surface area contributed by atoms with E-state index in [4.69, 9.17) is 0 Å². The van der Waals surface area contributed by atoms with Gasteiger partial charge in [0.2, 0.25) is 5.91 Å². The molecule has 3 atom stereocenters. The van der Waals surface area contributed by atoms with Crippen LogP contribution in [0.25, 0.3) is 0 Å². The van der Waals surface area contributed by atoms with E-state index in [2.05, 4.69) is 5.32 Å². The van der Waals surface area contributed by atoms with Crippen molar-refractivity contribution < 1.29 is 27.9 Å². The Bertz CT molecular complexity index is 434. The topological polar surface area (TPSA) is 66.4 Å². The largest absolute Gasteiger partial charge is 0.480 e. The van der Waals surface area contributed by atoms with Gasteiger partial charge in [0, 0.05) is 5.92 Å². The van der Waals surface area contributed by atoms with Crippen LogP contribution in [-0.4, -0.2) is 28.7 Å². The number of nitrogens with one attached hydrogen (secondary N) is 1. The third-order valence-electron chi connectivity index (χ3n) is 4.74. The predicted octanol–water partition coefficient (Wildman–Crippen LogP) is 2.72. The summed E-state index contributed by atoms with van der Waals surface area (Å²) in [6.07, 6.45) is -1.94. The monoisotopic (exact) mass is 307 g/mol. The van der Waals surface area contributed by atoms with Crippen molar-refractivity contribution in [2.24, 2.45) is 17.8 Å². The molecular formula is C14H20F3NO3. The molecule has 0 spiro atoms. The van der Waals surface area contributed by atoms with Crippen LogP contribution < -0.4 is 5.32 Å². The van der Waals surface area contributed by atoms with E-state index in [1.807, 2.05) is 0 Å². The number of aliphatic carboxylic acids is 1. The van der Waals surface area contributed by atoms with Crippen molar-refractivity contribution in [3.8, 4) is 0 Å². The number of halogens is 3. The summed E-state index contributed by atoms with van der Waals surface area (Å²) in [6.45, 7) is 1.39. The molecule has 0 aliphatic heterocycles. The second kappa shape index (κ2) is 5.50. The van der Waals surface area contributed by atoms with Gasteiger partial charge in [0.1, 0.15) is 5.54 Å². The number of hydrogen-bond donors (Lipinski definition) is 2. The summed E-state index contributed by atoms with van der Waals surface area (Å²) >= 11 is 0. The molecule has 0 aromatic heterocycles. The zero-order chi connectivity index (χ0) is 15.8. The maximum absolute atomic E-state index is 13.0. The fourth-order valence-corrected chi connectivity index (χ4v) is 3.18. The van der Waals surface area contributed by atoms with Crippen LogP contribution in [0.2, 0.25) is 0 Å². The summed E-state index contributed by atoms with van der Waals surface area (Å²) in [6, 6.07) is 0. The van der Waals surface area contributed by atoms with Crippen molar-refractivity contribution in [1.82, 2.24) is 5.32 Å². The third-order valence-corrected chi connectivity index (χ3v) is 4.74. The van der Waals surface area contributed by atoms with Gasteiger partial charge in [-0.3, -0.25) is 4.79 Å². The Kier molecular flexibility index (Phi) is 4.22. The first-order valence-electron chi connectivity index (χ1n) is 7.28. The van der Waals surface area contributed by atoms with E-state index in [1.165, 1.54) is 6.92 Å². The highest BCUT2D eigenvalue weighted by Crippen LogP contribution is 2.43. The average molecular weight is 307 g/mol. The molecule has 21 heavy (non-hydrogen) atoms. The summed E-state index contributed by atoms with van der Waals surface area (Å²) in [5.41, 5.74) is -1.45. The molecule has 2 aliphatic rings. The van der Waals surface area contributed by atoms with Crippen molar-refractivity contribution in [2.45, 2.75) is 57.2 Å². The highest BCUT2D eigenvalue weighted by Gasteiger charge is 2.52. The van der Waals surface area contributed by atoms with E-state index in [9.17, 15) is 27.9 Å². The number of hydrogen-bond acceptors (Lipinski definition) is 2. The van der Waals surface area contributed by atoms with Crippen LogP contribution in [0.4, 0.5) is 13.2 Å². The SMILES string of the molecule is CC(NC(=O)C1CCCCC1C(F)(F)F)(C(=O)O)C1CC1. The quantitative estimate of drug-likeness (QED) is 0.839. The maximum atomic E-state index is 13.0. The highest BCUT2D eigenvalue weighted by molar-refractivity contribution is 5.88. The van der Waals surface area contributed by atoms with Crippen molar-refractivity contribution in [3.05, 3.63) is 0 Å². The maximum Gasteiger partial charge on any atom is 0.392 e. The minimum atomic E-state index is -4.42. The van der Waals surface area contributed by atoms with Crippen LogP contribution in [0.5, 0.6) is 0 Å². The zero-order valence-electron chi connectivity index (χ0n) is 11.9. The van der Waals surface area contributed by atoms with Gasteiger partial charge in [0.05, 0.1) is 5.92 Å². The van der Waals surface area contributed by atoms with Gasteiger partial charge in [-0.2, -0.15) is 13.2 Å². The Labute approximate surface area is 121 Å². The Morgan fingerprint density at radius 1 is 1.10 bits per heavy atom. The number of carboxylic acid groups (broad SMARTS) is 1. The van der Waals surface area contributed by atoms with E-state index in [0.29, 0.717) is 25.7 Å². The Balaban J connectivity index is 2.12. The van der Waals surface area contributed by atoms with Gasteiger partial charge < -0.3 is 10.4 Å². The lowest BCUT2D eigenvalue weighted by Crippen LogP contribution is -2.57. The molecule has 0 aromatic rings. The summed E-state index contributed by atoms with van der Waals surface area (Å²) in [5, 5.41) is 11.7. The molecule has 2 rings (SSSR count). The van der Waals surface area contributed by atoms with Crippen LogP contribution in [0.1, 0.15) is 45.4 Å². The molecular weight excluding hydrogens is 287 g/mol. The van der Waals surface area contributed by atoms with Gasteiger partial charge in [-0.05, 0) is 38.5 Å². The summed E-state index contributed by atoms with van der Waals surface area (Å²) in [4.78, 5) is 23.6. The second-order valence-electron chi connectivity index (χ2n) is 6.31. The first-order valence-corrected chi connectivity index (χ1v) is 7.28. The van der Waals surface area contributed by atoms with E-state index in [-0.39, 0.29) is 18.8 Å². The fraction of sp³-hybridized carbons (Fsp3) is 0.857. The molecule has 4 nitrogen and oxygen atoms in total. The number of carbonyl (C=O) groups excluding carboxylic acids is 1. The van der Waals surface area contributed by atoms with Crippen LogP contribution in [0.3, 0.4) is 0 Å². The fourth-order valence-electron chi connectivity index (χ4n) is 3.18. The van der Waals surface area contributed by atoms with Crippen LogP contribution in [-0.2, 0) is 9.59 Å². The normalized spacial score (nSPS) is 29.5. The highest BCUT2D eigenvalue weighted by atomic mass is 19.4. The average Bonchev–Trinajstić information content (AvgIpc) is 3.21. The lowest BCUT2D eigenvalue weighted by atomic mass is 9.77. The second-order valence-corrected chi connectivity index (χ2v) is 6.31. The number of carbonyl (C=O) groups is 2. The molecule has 1 amide bonds. The van der Waals surface area contributed by atoms with Gasteiger partial charge in [0.25, 0.3) is 0 Å².